The first-order chi connectivity index (χ1) is 6.01. The van der Waals surface area contributed by atoms with Crippen molar-refractivity contribution in [3.8, 4) is 0 Å². The summed E-state index contributed by atoms with van der Waals surface area (Å²) in [6.45, 7) is 2.01. The molecule has 1 fully saturated rings. The zero-order valence-electron chi connectivity index (χ0n) is 7.73. The lowest BCUT2D eigenvalue weighted by molar-refractivity contribution is -0.346. The van der Waals surface area contributed by atoms with Crippen molar-refractivity contribution in [2.24, 2.45) is 5.92 Å². The number of hydrogen-bond acceptors (Lipinski definition) is 1. The summed E-state index contributed by atoms with van der Waals surface area (Å²) in [4.78, 5) is 0. The maximum atomic E-state index is 11.8. The fourth-order valence-electron chi connectivity index (χ4n) is 1.91. The molecule has 1 rings (SSSR count). The van der Waals surface area contributed by atoms with Crippen LogP contribution < -0.4 is 0 Å². The molecule has 1 saturated carbocycles. The van der Waals surface area contributed by atoms with Crippen LogP contribution in [-0.4, -0.2) is 12.5 Å². The van der Waals surface area contributed by atoms with Crippen molar-refractivity contribution in [2.45, 2.75) is 51.5 Å². The third kappa shape index (κ3) is 3.98. The summed E-state index contributed by atoms with van der Waals surface area (Å²) in [5.74, 6) is 0.418. The molecule has 0 aromatic rings. The van der Waals surface area contributed by atoms with Gasteiger partial charge in [-0.2, -0.15) is 0 Å². The van der Waals surface area contributed by atoms with Crippen LogP contribution in [0.25, 0.3) is 0 Å². The highest BCUT2D eigenvalue weighted by molar-refractivity contribution is 4.72. The molecule has 1 aliphatic rings. The summed E-state index contributed by atoms with van der Waals surface area (Å²) >= 11 is 0. The van der Waals surface area contributed by atoms with Crippen molar-refractivity contribution in [1.29, 1.82) is 0 Å². The lowest BCUT2D eigenvalue weighted by atomic mass is 9.86. The number of alkyl halides is 3. The highest BCUT2D eigenvalue weighted by Gasteiger charge is 2.35. The van der Waals surface area contributed by atoms with E-state index in [0.717, 1.165) is 19.3 Å². The summed E-state index contributed by atoms with van der Waals surface area (Å²) < 4.78 is 39.6. The second kappa shape index (κ2) is 4.31. The highest BCUT2D eigenvalue weighted by Crippen LogP contribution is 2.32. The van der Waals surface area contributed by atoms with Gasteiger partial charge in [0, 0.05) is 0 Å². The van der Waals surface area contributed by atoms with Crippen LogP contribution in [-0.2, 0) is 4.74 Å². The first kappa shape index (κ1) is 10.8. The Kier molecular flexibility index (Phi) is 3.59. The third-order valence-electron chi connectivity index (χ3n) is 2.61. The first-order valence-corrected chi connectivity index (χ1v) is 4.76. The van der Waals surface area contributed by atoms with Crippen molar-refractivity contribution in [3.05, 3.63) is 0 Å². The van der Waals surface area contributed by atoms with Crippen molar-refractivity contribution >= 4 is 0 Å². The summed E-state index contributed by atoms with van der Waals surface area (Å²) in [5.41, 5.74) is 0. The minimum Gasteiger partial charge on any atom is -0.289 e. The number of halogens is 3. The lowest BCUT2D eigenvalue weighted by Gasteiger charge is -2.28. The number of rotatable bonds is 2. The Morgan fingerprint density at radius 1 is 1.31 bits per heavy atom. The minimum absolute atomic E-state index is 0.418. The van der Waals surface area contributed by atoms with Gasteiger partial charge in [-0.3, -0.25) is 4.74 Å². The molecule has 0 spiro atoms. The van der Waals surface area contributed by atoms with Gasteiger partial charge in [0.05, 0.1) is 6.10 Å². The Labute approximate surface area is 76.3 Å². The van der Waals surface area contributed by atoms with Gasteiger partial charge in [0.15, 0.2) is 0 Å². The van der Waals surface area contributed by atoms with Gasteiger partial charge in [-0.25, -0.2) is 0 Å². The minimum atomic E-state index is -4.46. The standard InChI is InChI=1S/C9H15F3O/c1-2-7-4-3-5-8(6-7)13-9(10,11)12/h7-8H,2-6H2,1H3. The maximum Gasteiger partial charge on any atom is 0.522 e. The molecule has 78 valence electrons. The van der Waals surface area contributed by atoms with E-state index in [0.29, 0.717) is 18.8 Å². The fourth-order valence-corrected chi connectivity index (χ4v) is 1.91. The van der Waals surface area contributed by atoms with E-state index in [9.17, 15) is 13.2 Å². The second-order valence-corrected chi connectivity index (χ2v) is 3.63. The van der Waals surface area contributed by atoms with Crippen LogP contribution in [0.1, 0.15) is 39.0 Å². The van der Waals surface area contributed by atoms with Gasteiger partial charge in [-0.05, 0) is 18.8 Å². The Hall–Kier alpha value is -0.250. The normalized spacial score (nSPS) is 30.5. The van der Waals surface area contributed by atoms with Gasteiger partial charge in [0.2, 0.25) is 0 Å². The predicted octanol–water partition coefficient (Wildman–Crippen LogP) is 3.49. The molecule has 0 radical (unpaired) electrons. The topological polar surface area (TPSA) is 9.23 Å². The molecule has 0 aromatic carbocycles. The van der Waals surface area contributed by atoms with Crippen molar-refractivity contribution in [3.63, 3.8) is 0 Å². The summed E-state index contributed by atoms with van der Waals surface area (Å²) in [5, 5.41) is 0. The van der Waals surface area contributed by atoms with Gasteiger partial charge < -0.3 is 0 Å². The number of ether oxygens (including phenoxy) is 1. The van der Waals surface area contributed by atoms with Gasteiger partial charge in [-0.15, -0.1) is 13.2 Å². The Morgan fingerprint density at radius 2 is 2.00 bits per heavy atom. The molecule has 0 aromatic heterocycles. The Bertz CT molecular complexity index is 155. The molecule has 0 saturated heterocycles. The van der Waals surface area contributed by atoms with E-state index in [-0.39, 0.29) is 0 Å². The van der Waals surface area contributed by atoms with Gasteiger partial charge in [0.25, 0.3) is 0 Å². The van der Waals surface area contributed by atoms with E-state index >= 15 is 0 Å². The zero-order chi connectivity index (χ0) is 9.90. The molecule has 0 heterocycles. The maximum absolute atomic E-state index is 11.8. The molecule has 0 amide bonds. The molecular formula is C9H15F3O. The van der Waals surface area contributed by atoms with E-state index in [1.54, 1.807) is 0 Å². The fraction of sp³-hybridized carbons (Fsp3) is 1.00. The van der Waals surface area contributed by atoms with Crippen LogP contribution in [0.15, 0.2) is 0 Å². The predicted molar refractivity (Wildman–Crippen MR) is 43.2 cm³/mol. The Balaban J connectivity index is 2.34. The van der Waals surface area contributed by atoms with E-state index < -0.39 is 12.5 Å². The van der Waals surface area contributed by atoms with Crippen LogP contribution in [0.2, 0.25) is 0 Å². The van der Waals surface area contributed by atoms with Gasteiger partial charge >= 0.3 is 6.36 Å². The highest BCUT2D eigenvalue weighted by atomic mass is 19.4. The number of hydrogen-bond donors (Lipinski definition) is 0. The molecule has 0 bridgehead atoms. The van der Waals surface area contributed by atoms with Gasteiger partial charge in [-0.1, -0.05) is 26.2 Å². The first-order valence-electron chi connectivity index (χ1n) is 4.76. The van der Waals surface area contributed by atoms with Crippen molar-refractivity contribution in [2.75, 3.05) is 0 Å². The molecular weight excluding hydrogens is 181 g/mol. The quantitative estimate of drug-likeness (QED) is 0.656. The molecule has 1 aliphatic carbocycles. The van der Waals surface area contributed by atoms with Gasteiger partial charge in [0.1, 0.15) is 0 Å². The third-order valence-corrected chi connectivity index (χ3v) is 2.61. The molecule has 4 heteroatoms. The molecule has 0 N–H and O–H groups in total. The molecule has 2 unspecified atom stereocenters. The van der Waals surface area contributed by atoms with Crippen LogP contribution >= 0.6 is 0 Å². The van der Waals surface area contributed by atoms with Crippen LogP contribution in [0.3, 0.4) is 0 Å². The van der Waals surface area contributed by atoms with Crippen molar-refractivity contribution in [1.82, 2.24) is 0 Å². The van der Waals surface area contributed by atoms with Crippen molar-refractivity contribution < 1.29 is 17.9 Å². The van der Waals surface area contributed by atoms with E-state index in [1.165, 1.54) is 0 Å². The zero-order valence-corrected chi connectivity index (χ0v) is 7.73. The summed E-state index contributed by atoms with van der Waals surface area (Å²) in [6.07, 6.45) is -1.07. The van der Waals surface area contributed by atoms with Crippen LogP contribution in [0.4, 0.5) is 13.2 Å². The van der Waals surface area contributed by atoms with E-state index in [1.807, 2.05) is 6.92 Å². The summed E-state index contributed by atoms with van der Waals surface area (Å²) in [7, 11) is 0. The monoisotopic (exact) mass is 196 g/mol. The Morgan fingerprint density at radius 3 is 2.54 bits per heavy atom. The van der Waals surface area contributed by atoms with Crippen LogP contribution in [0.5, 0.6) is 0 Å². The average Bonchev–Trinajstić information content (AvgIpc) is 2.01. The second-order valence-electron chi connectivity index (χ2n) is 3.63. The average molecular weight is 196 g/mol. The van der Waals surface area contributed by atoms with E-state index in [2.05, 4.69) is 4.74 Å². The van der Waals surface area contributed by atoms with E-state index in [4.69, 9.17) is 0 Å². The SMILES string of the molecule is CCC1CCCC(OC(F)(F)F)C1. The molecule has 2 atom stereocenters. The smallest absolute Gasteiger partial charge is 0.289 e. The summed E-state index contributed by atoms with van der Waals surface area (Å²) in [6, 6.07) is 0. The lowest BCUT2D eigenvalue weighted by Crippen LogP contribution is -2.28. The van der Waals surface area contributed by atoms with Crippen LogP contribution in [0, 0.1) is 5.92 Å². The molecule has 0 aliphatic heterocycles. The molecule has 13 heavy (non-hydrogen) atoms. The largest absolute Gasteiger partial charge is 0.522 e. The molecule has 1 nitrogen and oxygen atoms in total.